The third kappa shape index (κ3) is 2.92. The van der Waals surface area contributed by atoms with E-state index in [1.807, 2.05) is 29.2 Å². The van der Waals surface area contributed by atoms with Crippen molar-refractivity contribution >= 4 is 27.9 Å². The van der Waals surface area contributed by atoms with E-state index in [0.717, 1.165) is 22.2 Å². The number of rotatable bonds is 1. The maximum atomic E-state index is 12.8. The number of hydrogen-bond donors (Lipinski definition) is 1. The fourth-order valence-corrected chi connectivity index (χ4v) is 3.40. The van der Waals surface area contributed by atoms with Crippen LogP contribution in [0.5, 0.6) is 5.75 Å². The summed E-state index contributed by atoms with van der Waals surface area (Å²) in [6, 6.07) is 5.97. The van der Waals surface area contributed by atoms with Crippen molar-refractivity contribution in [1.82, 2.24) is 4.90 Å². The van der Waals surface area contributed by atoms with Gasteiger partial charge in [0.05, 0.1) is 5.57 Å². The molecule has 1 saturated heterocycles. The Bertz CT molecular complexity index is 640. The second kappa shape index (κ2) is 5.70. The second-order valence-corrected chi connectivity index (χ2v) is 7.67. The number of nitrogens with zero attached hydrogens (tertiary/aromatic N) is 1. The van der Waals surface area contributed by atoms with Gasteiger partial charge in [0.15, 0.2) is 0 Å². The van der Waals surface area contributed by atoms with E-state index in [2.05, 4.69) is 29.8 Å². The lowest BCUT2D eigenvalue weighted by Gasteiger charge is -2.43. The van der Waals surface area contributed by atoms with Gasteiger partial charge in [-0.1, -0.05) is 29.8 Å². The molecule has 1 fully saturated rings. The highest BCUT2D eigenvalue weighted by atomic mass is 79.9. The van der Waals surface area contributed by atoms with Gasteiger partial charge in [0.2, 0.25) is 0 Å². The Morgan fingerprint density at radius 3 is 2.95 bits per heavy atom. The molecule has 22 heavy (non-hydrogen) atoms. The van der Waals surface area contributed by atoms with Crippen molar-refractivity contribution in [2.75, 3.05) is 19.7 Å². The molecular formula is C17H21BrN2O2. The van der Waals surface area contributed by atoms with Crippen LogP contribution in [-0.4, -0.2) is 36.5 Å². The maximum Gasteiger partial charge on any atom is 0.253 e. The molecule has 1 unspecified atom stereocenters. The van der Waals surface area contributed by atoms with E-state index in [1.165, 1.54) is 0 Å². The second-order valence-electron chi connectivity index (χ2n) is 6.75. The summed E-state index contributed by atoms with van der Waals surface area (Å²) in [5.74, 6) is 0.881. The molecule has 118 valence electrons. The van der Waals surface area contributed by atoms with Crippen LogP contribution in [0.1, 0.15) is 25.8 Å². The van der Waals surface area contributed by atoms with Crippen LogP contribution in [0, 0.1) is 5.41 Å². The quantitative estimate of drug-likeness (QED) is 0.833. The van der Waals surface area contributed by atoms with Crippen LogP contribution < -0.4 is 10.5 Å². The summed E-state index contributed by atoms with van der Waals surface area (Å²) < 4.78 is 6.69. The van der Waals surface area contributed by atoms with Crippen molar-refractivity contribution in [3.63, 3.8) is 0 Å². The highest BCUT2D eigenvalue weighted by Gasteiger charge is 2.36. The van der Waals surface area contributed by atoms with Crippen molar-refractivity contribution in [3.8, 4) is 5.75 Å². The SMILES string of the molecule is CC1(C)CN(C(=O)C2=Cc3cc(Br)ccc3OC2)CCC1N. The lowest BCUT2D eigenvalue weighted by atomic mass is 9.79. The number of ether oxygens (including phenoxy) is 1. The van der Waals surface area contributed by atoms with E-state index < -0.39 is 0 Å². The van der Waals surface area contributed by atoms with Crippen LogP contribution in [0.2, 0.25) is 0 Å². The molecular weight excluding hydrogens is 344 g/mol. The zero-order chi connectivity index (χ0) is 15.9. The van der Waals surface area contributed by atoms with Crippen molar-refractivity contribution in [1.29, 1.82) is 0 Å². The summed E-state index contributed by atoms with van der Waals surface area (Å²) >= 11 is 3.45. The normalized spacial score (nSPS) is 23.4. The van der Waals surface area contributed by atoms with Gasteiger partial charge in [-0.25, -0.2) is 0 Å². The first kappa shape index (κ1) is 15.6. The van der Waals surface area contributed by atoms with Crippen molar-refractivity contribution in [2.24, 2.45) is 11.1 Å². The first-order chi connectivity index (χ1) is 10.4. The average molecular weight is 365 g/mol. The molecule has 3 rings (SSSR count). The van der Waals surface area contributed by atoms with Gasteiger partial charge < -0.3 is 15.4 Å². The molecule has 2 N–H and O–H groups in total. The Kier molecular flexibility index (Phi) is 4.03. The topological polar surface area (TPSA) is 55.6 Å². The summed E-state index contributed by atoms with van der Waals surface area (Å²) in [6.07, 6.45) is 2.78. The molecule has 2 aliphatic rings. The lowest BCUT2D eigenvalue weighted by Crippen LogP contribution is -2.54. The Morgan fingerprint density at radius 2 is 2.23 bits per heavy atom. The summed E-state index contributed by atoms with van der Waals surface area (Å²) in [6.45, 7) is 5.97. The molecule has 1 aromatic carbocycles. The van der Waals surface area contributed by atoms with Gasteiger partial charge >= 0.3 is 0 Å². The minimum Gasteiger partial charge on any atom is -0.488 e. The van der Waals surface area contributed by atoms with E-state index in [9.17, 15) is 4.79 Å². The molecule has 5 heteroatoms. The smallest absolute Gasteiger partial charge is 0.253 e. The molecule has 0 spiro atoms. The fourth-order valence-electron chi connectivity index (χ4n) is 3.02. The molecule has 2 heterocycles. The first-order valence-electron chi connectivity index (χ1n) is 7.54. The van der Waals surface area contributed by atoms with Crippen molar-refractivity contribution < 1.29 is 9.53 Å². The van der Waals surface area contributed by atoms with E-state index in [1.54, 1.807) is 0 Å². The number of hydrogen-bond acceptors (Lipinski definition) is 3. The Labute approximate surface area is 139 Å². The van der Waals surface area contributed by atoms with Crippen LogP contribution in [0.15, 0.2) is 28.2 Å². The first-order valence-corrected chi connectivity index (χ1v) is 8.34. The fraction of sp³-hybridized carbons (Fsp3) is 0.471. The lowest BCUT2D eigenvalue weighted by molar-refractivity contribution is -0.130. The van der Waals surface area contributed by atoms with E-state index in [4.69, 9.17) is 10.5 Å². The van der Waals surface area contributed by atoms with Crippen molar-refractivity contribution in [2.45, 2.75) is 26.3 Å². The molecule has 0 saturated carbocycles. The Morgan fingerprint density at radius 1 is 1.45 bits per heavy atom. The third-order valence-electron chi connectivity index (χ3n) is 4.56. The van der Waals surface area contributed by atoms with Gasteiger partial charge in [-0.05, 0) is 36.1 Å². The van der Waals surface area contributed by atoms with Crippen LogP contribution in [0.3, 0.4) is 0 Å². The number of nitrogens with two attached hydrogens (primary N) is 1. The maximum absolute atomic E-state index is 12.8. The number of carbonyl (C=O) groups is 1. The number of benzene rings is 1. The Balaban J connectivity index is 1.81. The van der Waals surface area contributed by atoms with Crippen LogP contribution in [0.4, 0.5) is 0 Å². The molecule has 1 aromatic rings. The summed E-state index contributed by atoms with van der Waals surface area (Å²) in [5, 5.41) is 0. The van der Waals surface area contributed by atoms with Gasteiger partial charge in [0, 0.05) is 29.2 Å². The van der Waals surface area contributed by atoms with Gasteiger partial charge in [-0.2, -0.15) is 0 Å². The van der Waals surface area contributed by atoms with Gasteiger partial charge in [0.1, 0.15) is 12.4 Å². The number of amides is 1. The largest absolute Gasteiger partial charge is 0.488 e. The standard InChI is InChI=1S/C17H21BrN2O2/c1-17(2)10-20(6-5-15(17)19)16(21)12-7-11-8-13(18)3-4-14(11)22-9-12/h3-4,7-8,15H,5-6,9-10,19H2,1-2H3. The van der Waals surface area contributed by atoms with E-state index in [0.29, 0.717) is 25.3 Å². The van der Waals surface area contributed by atoms with Gasteiger partial charge in [-0.3, -0.25) is 4.79 Å². The highest BCUT2D eigenvalue weighted by molar-refractivity contribution is 9.10. The van der Waals surface area contributed by atoms with E-state index in [-0.39, 0.29) is 17.4 Å². The van der Waals surface area contributed by atoms with Gasteiger partial charge in [0.25, 0.3) is 5.91 Å². The van der Waals surface area contributed by atoms with Crippen LogP contribution in [0.25, 0.3) is 6.08 Å². The number of carbonyl (C=O) groups excluding carboxylic acids is 1. The molecule has 4 nitrogen and oxygen atoms in total. The predicted molar refractivity (Wildman–Crippen MR) is 90.6 cm³/mol. The molecule has 0 radical (unpaired) electrons. The van der Waals surface area contributed by atoms with Gasteiger partial charge in [-0.15, -0.1) is 0 Å². The summed E-state index contributed by atoms with van der Waals surface area (Å²) in [7, 11) is 0. The zero-order valence-electron chi connectivity index (χ0n) is 12.9. The number of fused-ring (bicyclic) bond motifs is 1. The van der Waals surface area contributed by atoms with Crippen molar-refractivity contribution in [3.05, 3.63) is 33.8 Å². The third-order valence-corrected chi connectivity index (χ3v) is 5.05. The molecule has 1 atom stereocenters. The Hall–Kier alpha value is -1.33. The average Bonchev–Trinajstić information content (AvgIpc) is 2.48. The minimum atomic E-state index is -0.0507. The minimum absolute atomic E-state index is 0.0507. The number of piperidine rings is 1. The zero-order valence-corrected chi connectivity index (χ0v) is 14.5. The van der Waals surface area contributed by atoms with E-state index >= 15 is 0 Å². The summed E-state index contributed by atoms with van der Waals surface area (Å²) in [4.78, 5) is 14.7. The summed E-state index contributed by atoms with van der Waals surface area (Å²) in [5.41, 5.74) is 7.75. The molecule has 1 amide bonds. The molecule has 2 aliphatic heterocycles. The monoisotopic (exact) mass is 364 g/mol. The van der Waals surface area contributed by atoms with Crippen LogP contribution in [-0.2, 0) is 4.79 Å². The number of likely N-dealkylation sites (tertiary alicyclic amines) is 1. The molecule has 0 aromatic heterocycles. The predicted octanol–water partition coefficient (Wildman–Crippen LogP) is 2.81. The molecule has 0 bridgehead atoms. The molecule has 0 aliphatic carbocycles. The van der Waals surface area contributed by atoms with Crippen LogP contribution >= 0.6 is 15.9 Å². The highest BCUT2D eigenvalue weighted by Crippen LogP contribution is 2.32. The number of halogens is 1.